The van der Waals surface area contributed by atoms with Gasteiger partial charge in [0, 0.05) is 12.6 Å². The van der Waals surface area contributed by atoms with Gasteiger partial charge in [-0.05, 0) is 18.9 Å². The second kappa shape index (κ2) is 6.33. The molecule has 0 aromatic carbocycles. The third-order valence-corrected chi connectivity index (χ3v) is 3.22. The van der Waals surface area contributed by atoms with E-state index < -0.39 is 24.1 Å². The van der Waals surface area contributed by atoms with Gasteiger partial charge in [-0.2, -0.15) is 14.8 Å². The molecule has 1 aliphatic heterocycles. The van der Waals surface area contributed by atoms with Crippen molar-refractivity contribution in [1.29, 1.82) is 0 Å². The molecule has 2 unspecified atom stereocenters. The Morgan fingerprint density at radius 2 is 2.25 bits per heavy atom. The predicted molar refractivity (Wildman–Crippen MR) is 70.9 cm³/mol. The van der Waals surface area contributed by atoms with Crippen molar-refractivity contribution in [3.05, 3.63) is 32.6 Å². The summed E-state index contributed by atoms with van der Waals surface area (Å²) < 4.78 is 6.97. The number of hydrogen-bond donors (Lipinski definition) is 1. The summed E-state index contributed by atoms with van der Waals surface area (Å²) in [6, 6.07) is 1.04. The Morgan fingerprint density at radius 1 is 1.45 bits per heavy atom. The highest BCUT2D eigenvalue weighted by atomic mass is 16.5. The van der Waals surface area contributed by atoms with Crippen LogP contribution in [0.25, 0.3) is 0 Å². The van der Waals surface area contributed by atoms with E-state index in [1.807, 2.05) is 0 Å². The minimum Gasteiger partial charge on any atom is -0.383 e. The molecule has 1 aromatic heterocycles. The van der Waals surface area contributed by atoms with Crippen molar-refractivity contribution in [2.75, 3.05) is 12.3 Å². The molecule has 0 aliphatic carbocycles. The lowest BCUT2D eigenvalue weighted by Crippen LogP contribution is -2.31. The molecule has 2 heterocycles. The molecule has 9 heteroatoms. The van der Waals surface area contributed by atoms with Crippen LogP contribution in [0.3, 0.4) is 0 Å². The lowest BCUT2D eigenvalue weighted by Gasteiger charge is -2.21. The van der Waals surface area contributed by atoms with Gasteiger partial charge in [0.15, 0.2) is 0 Å². The van der Waals surface area contributed by atoms with E-state index in [4.69, 9.17) is 10.5 Å². The Labute approximate surface area is 114 Å². The Hall–Kier alpha value is -2.16. The van der Waals surface area contributed by atoms with Crippen LogP contribution in [-0.4, -0.2) is 28.2 Å². The highest BCUT2D eigenvalue weighted by Gasteiger charge is 2.28. The van der Waals surface area contributed by atoms with Crippen molar-refractivity contribution in [2.24, 2.45) is 10.4 Å². The van der Waals surface area contributed by atoms with E-state index in [2.05, 4.69) is 15.3 Å². The van der Waals surface area contributed by atoms with Crippen LogP contribution >= 0.6 is 0 Å². The molecule has 0 bridgehead atoms. The summed E-state index contributed by atoms with van der Waals surface area (Å²) >= 11 is 0. The maximum atomic E-state index is 11.8. The minimum absolute atomic E-state index is 0.0837. The fourth-order valence-electron chi connectivity index (χ4n) is 2.25. The van der Waals surface area contributed by atoms with Crippen LogP contribution in [-0.2, 0) is 4.74 Å². The van der Waals surface area contributed by atoms with Crippen LogP contribution in [0.4, 0.5) is 5.82 Å². The van der Waals surface area contributed by atoms with E-state index in [9.17, 15) is 14.6 Å². The van der Waals surface area contributed by atoms with Crippen LogP contribution in [0.1, 0.15) is 25.5 Å². The predicted octanol–water partition coefficient (Wildman–Crippen LogP) is 0.795. The van der Waals surface area contributed by atoms with Crippen LogP contribution in [0.2, 0.25) is 0 Å². The van der Waals surface area contributed by atoms with Gasteiger partial charge in [0.05, 0.1) is 12.1 Å². The van der Waals surface area contributed by atoms with Crippen molar-refractivity contribution in [1.82, 2.24) is 9.55 Å². The van der Waals surface area contributed by atoms with Gasteiger partial charge < -0.3 is 10.5 Å². The van der Waals surface area contributed by atoms with E-state index >= 15 is 0 Å². The Morgan fingerprint density at radius 3 is 2.90 bits per heavy atom. The van der Waals surface area contributed by atoms with E-state index in [0.29, 0.717) is 19.3 Å². The summed E-state index contributed by atoms with van der Waals surface area (Å²) in [6.45, 7) is -0.0837. The van der Waals surface area contributed by atoms with Gasteiger partial charge in [0.2, 0.25) is 0 Å². The van der Waals surface area contributed by atoms with Crippen LogP contribution in [0, 0.1) is 9.81 Å². The molecule has 2 rings (SSSR count). The van der Waals surface area contributed by atoms with Gasteiger partial charge >= 0.3 is 5.69 Å². The normalized spacial score (nSPS) is 26.7. The van der Waals surface area contributed by atoms with Gasteiger partial charge in [-0.25, -0.2) is 4.79 Å². The molecule has 0 amide bonds. The lowest BCUT2D eigenvalue weighted by molar-refractivity contribution is -0.0483. The lowest BCUT2D eigenvalue weighted by atomic mass is 10.1. The van der Waals surface area contributed by atoms with Crippen molar-refractivity contribution in [2.45, 2.75) is 37.6 Å². The van der Waals surface area contributed by atoms with Gasteiger partial charge in [-0.3, -0.25) is 4.57 Å². The SMILES string of the molecule is Nc1ccn([C@@H]2CCC(N=O)CC(CN=O)O2)c(=O)n1. The number of nitrogens with two attached hydrogens (primary N) is 1. The summed E-state index contributed by atoms with van der Waals surface area (Å²) in [5.74, 6) is 0.124. The average molecular weight is 281 g/mol. The second-order valence-corrected chi connectivity index (χ2v) is 4.64. The quantitative estimate of drug-likeness (QED) is 0.812. The molecular formula is C11H15N5O4. The molecular weight excluding hydrogens is 266 g/mol. The first-order valence-corrected chi connectivity index (χ1v) is 6.25. The van der Waals surface area contributed by atoms with E-state index in [0.717, 1.165) is 0 Å². The van der Waals surface area contributed by atoms with Crippen molar-refractivity contribution in [3.8, 4) is 0 Å². The standard InChI is InChI=1S/C11H15N5O4/c12-9-3-4-16(11(17)14-9)10-2-1-7(15-19)5-8(20-10)6-13-18/h3-4,7-8,10H,1-2,5-6H2,(H2,12,14,17)/t7?,8?,10-/m0/s1. The van der Waals surface area contributed by atoms with Crippen molar-refractivity contribution >= 4 is 5.82 Å². The first kappa shape index (κ1) is 14.3. The smallest absolute Gasteiger partial charge is 0.351 e. The molecule has 0 saturated carbocycles. The number of anilines is 1. The summed E-state index contributed by atoms with van der Waals surface area (Å²) in [6.07, 6.45) is 1.57. The number of ether oxygens (including phenoxy) is 1. The zero-order valence-corrected chi connectivity index (χ0v) is 10.7. The highest BCUT2D eigenvalue weighted by Crippen LogP contribution is 2.26. The van der Waals surface area contributed by atoms with Crippen LogP contribution in [0.5, 0.6) is 0 Å². The van der Waals surface area contributed by atoms with Gasteiger partial charge in [0.1, 0.15) is 18.6 Å². The third-order valence-electron chi connectivity index (χ3n) is 3.22. The van der Waals surface area contributed by atoms with Gasteiger partial charge in [-0.1, -0.05) is 10.4 Å². The molecule has 0 spiro atoms. The fraction of sp³-hybridized carbons (Fsp3) is 0.636. The molecule has 2 N–H and O–H groups in total. The first-order valence-electron chi connectivity index (χ1n) is 6.25. The zero-order valence-electron chi connectivity index (χ0n) is 10.7. The fourth-order valence-corrected chi connectivity index (χ4v) is 2.25. The maximum absolute atomic E-state index is 11.8. The Bertz CT molecular complexity index is 546. The number of nitrogens with zero attached hydrogens (tertiary/aromatic N) is 4. The third kappa shape index (κ3) is 3.23. The minimum atomic E-state index is -0.603. The number of nitrogen functional groups attached to an aromatic ring is 1. The molecule has 108 valence electrons. The summed E-state index contributed by atoms with van der Waals surface area (Å²) in [4.78, 5) is 36.5. The topological polar surface area (TPSA) is 129 Å². The van der Waals surface area contributed by atoms with E-state index in [1.54, 1.807) is 0 Å². The number of nitroso groups, excluding NO2 is 2. The second-order valence-electron chi connectivity index (χ2n) is 4.64. The largest absolute Gasteiger partial charge is 0.383 e. The van der Waals surface area contributed by atoms with Gasteiger partial charge in [0.25, 0.3) is 0 Å². The molecule has 20 heavy (non-hydrogen) atoms. The molecule has 1 fully saturated rings. The van der Waals surface area contributed by atoms with Crippen molar-refractivity contribution < 1.29 is 4.74 Å². The molecule has 1 aromatic rings. The molecule has 1 saturated heterocycles. The summed E-state index contributed by atoms with van der Waals surface area (Å²) in [5.41, 5.74) is 4.89. The monoisotopic (exact) mass is 281 g/mol. The van der Waals surface area contributed by atoms with E-state index in [1.165, 1.54) is 16.8 Å². The first-order chi connectivity index (χ1) is 9.63. The molecule has 0 radical (unpaired) electrons. The number of hydrogen-bond acceptors (Lipinski definition) is 8. The maximum Gasteiger partial charge on any atom is 0.351 e. The Kier molecular flexibility index (Phi) is 4.51. The molecule has 1 aliphatic rings. The number of rotatable bonds is 4. The zero-order chi connectivity index (χ0) is 14.5. The van der Waals surface area contributed by atoms with E-state index in [-0.39, 0.29) is 12.4 Å². The van der Waals surface area contributed by atoms with Crippen LogP contribution in [0.15, 0.2) is 27.4 Å². The number of aromatic nitrogens is 2. The average Bonchev–Trinajstić information content (AvgIpc) is 2.61. The highest BCUT2D eigenvalue weighted by molar-refractivity contribution is 5.23. The van der Waals surface area contributed by atoms with Gasteiger partial charge in [-0.15, -0.1) is 0 Å². The Balaban J connectivity index is 2.23. The molecule has 9 nitrogen and oxygen atoms in total. The van der Waals surface area contributed by atoms with Crippen LogP contribution < -0.4 is 11.4 Å². The molecule has 3 atom stereocenters. The summed E-state index contributed by atoms with van der Waals surface area (Å²) in [7, 11) is 0. The van der Waals surface area contributed by atoms with Crippen molar-refractivity contribution in [3.63, 3.8) is 0 Å². The summed E-state index contributed by atoms with van der Waals surface area (Å²) in [5, 5.41) is 5.80.